The van der Waals surface area contributed by atoms with Crippen molar-refractivity contribution in [3.8, 4) is 0 Å². The first kappa shape index (κ1) is 13.2. The molecule has 2 heterocycles. The van der Waals surface area contributed by atoms with Crippen LogP contribution in [0.5, 0.6) is 0 Å². The molecule has 0 fully saturated rings. The smallest absolute Gasteiger partial charge is 0.223 e. The third-order valence-corrected chi connectivity index (χ3v) is 3.87. The van der Waals surface area contributed by atoms with Crippen LogP contribution in [0.25, 0.3) is 0 Å². The number of aromatic nitrogens is 3. The average Bonchev–Trinajstić information content (AvgIpc) is 2.36. The fourth-order valence-corrected chi connectivity index (χ4v) is 2.45. The van der Waals surface area contributed by atoms with E-state index in [0.29, 0.717) is 17.5 Å². The molecule has 0 saturated carbocycles. The fourth-order valence-electron chi connectivity index (χ4n) is 1.20. The summed E-state index contributed by atoms with van der Waals surface area (Å²) in [6.45, 7) is 2.61. The van der Waals surface area contributed by atoms with Gasteiger partial charge in [0.25, 0.3) is 0 Å². The zero-order valence-electron chi connectivity index (χ0n) is 9.52. The van der Waals surface area contributed by atoms with E-state index >= 15 is 0 Å². The highest BCUT2D eigenvalue weighted by atomic mass is 79.9. The Hall–Kier alpha value is -1.21. The molecule has 4 nitrogen and oxygen atoms in total. The van der Waals surface area contributed by atoms with Crippen molar-refractivity contribution in [3.05, 3.63) is 34.8 Å². The maximum Gasteiger partial charge on any atom is 0.223 e. The Morgan fingerprint density at radius 3 is 2.94 bits per heavy atom. The summed E-state index contributed by atoms with van der Waals surface area (Å²) in [7, 11) is 0. The molecule has 2 aromatic heterocycles. The van der Waals surface area contributed by atoms with Crippen molar-refractivity contribution in [3.63, 3.8) is 0 Å². The monoisotopic (exact) mass is 328 g/mol. The van der Waals surface area contributed by atoms with Gasteiger partial charge in [-0.1, -0.05) is 0 Å². The molecular formula is C11H10BrFN4S. The molecule has 0 radical (unpaired) electrons. The number of hydrogen-bond donors (Lipinski definition) is 1. The SMILES string of the molecule is CCNc1ncc(F)c(Sc2ncccc2Br)n1. The second kappa shape index (κ2) is 6.10. The van der Waals surface area contributed by atoms with Gasteiger partial charge in [-0.25, -0.2) is 19.3 Å². The van der Waals surface area contributed by atoms with E-state index in [0.717, 1.165) is 22.4 Å². The average molecular weight is 329 g/mol. The minimum atomic E-state index is -0.459. The standard InChI is InChI=1S/C11H10BrFN4S/c1-2-14-11-16-6-8(13)10(17-11)18-9-7(12)4-3-5-15-9/h3-6H,2H2,1H3,(H,14,16,17). The van der Waals surface area contributed by atoms with E-state index in [1.807, 2.05) is 13.0 Å². The number of pyridine rings is 1. The second-order valence-electron chi connectivity index (χ2n) is 3.27. The lowest BCUT2D eigenvalue weighted by Crippen LogP contribution is -2.03. The molecule has 1 N–H and O–H groups in total. The van der Waals surface area contributed by atoms with Gasteiger partial charge in [-0.2, -0.15) is 0 Å². The first-order chi connectivity index (χ1) is 8.70. The van der Waals surface area contributed by atoms with Crippen LogP contribution in [0, 0.1) is 5.82 Å². The van der Waals surface area contributed by atoms with Crippen molar-refractivity contribution in [2.24, 2.45) is 0 Å². The van der Waals surface area contributed by atoms with Crippen molar-refractivity contribution in [1.82, 2.24) is 15.0 Å². The highest BCUT2D eigenvalue weighted by molar-refractivity contribution is 9.10. The maximum absolute atomic E-state index is 13.6. The summed E-state index contributed by atoms with van der Waals surface area (Å²) in [4.78, 5) is 12.1. The minimum Gasteiger partial charge on any atom is -0.354 e. The van der Waals surface area contributed by atoms with Gasteiger partial charge in [0, 0.05) is 12.7 Å². The highest BCUT2D eigenvalue weighted by Crippen LogP contribution is 2.31. The molecule has 0 amide bonds. The van der Waals surface area contributed by atoms with Gasteiger partial charge in [0.15, 0.2) is 5.82 Å². The molecule has 0 aliphatic rings. The normalized spacial score (nSPS) is 10.4. The number of nitrogens with one attached hydrogen (secondary N) is 1. The van der Waals surface area contributed by atoms with Crippen LogP contribution in [-0.2, 0) is 0 Å². The van der Waals surface area contributed by atoms with Crippen LogP contribution in [0.3, 0.4) is 0 Å². The third-order valence-electron chi connectivity index (χ3n) is 1.96. The number of rotatable bonds is 4. The summed E-state index contributed by atoms with van der Waals surface area (Å²) in [5, 5.41) is 3.86. The second-order valence-corrected chi connectivity index (χ2v) is 5.10. The molecule has 2 aromatic rings. The zero-order valence-corrected chi connectivity index (χ0v) is 11.9. The molecule has 0 unspecified atom stereocenters. The van der Waals surface area contributed by atoms with Crippen LogP contribution in [0.15, 0.2) is 39.1 Å². The minimum absolute atomic E-state index is 0.250. The van der Waals surface area contributed by atoms with Crippen LogP contribution in [0.2, 0.25) is 0 Å². The van der Waals surface area contributed by atoms with E-state index in [4.69, 9.17) is 0 Å². The molecule has 94 valence electrons. The lowest BCUT2D eigenvalue weighted by Gasteiger charge is -2.06. The van der Waals surface area contributed by atoms with Gasteiger partial charge >= 0.3 is 0 Å². The zero-order chi connectivity index (χ0) is 13.0. The quantitative estimate of drug-likeness (QED) is 0.872. The van der Waals surface area contributed by atoms with E-state index < -0.39 is 5.82 Å². The van der Waals surface area contributed by atoms with Crippen LogP contribution in [0.4, 0.5) is 10.3 Å². The molecule has 0 spiro atoms. The number of anilines is 1. The maximum atomic E-state index is 13.6. The molecule has 0 aliphatic heterocycles. The fraction of sp³-hybridized carbons (Fsp3) is 0.182. The summed E-state index contributed by atoms with van der Waals surface area (Å²) in [6, 6.07) is 3.65. The largest absolute Gasteiger partial charge is 0.354 e. The van der Waals surface area contributed by atoms with Gasteiger partial charge < -0.3 is 5.32 Å². The molecular weight excluding hydrogens is 319 g/mol. The van der Waals surface area contributed by atoms with Crippen molar-refractivity contribution >= 4 is 33.6 Å². The Morgan fingerprint density at radius 2 is 2.22 bits per heavy atom. The van der Waals surface area contributed by atoms with E-state index in [1.165, 1.54) is 0 Å². The molecule has 2 rings (SSSR count). The molecule has 0 aromatic carbocycles. The summed E-state index contributed by atoms with van der Waals surface area (Å²) >= 11 is 4.52. The number of hydrogen-bond acceptors (Lipinski definition) is 5. The summed E-state index contributed by atoms with van der Waals surface area (Å²) in [5.74, 6) is -0.0485. The van der Waals surface area contributed by atoms with Gasteiger partial charge in [0.2, 0.25) is 5.95 Å². The molecule has 18 heavy (non-hydrogen) atoms. The molecule has 0 saturated heterocycles. The van der Waals surface area contributed by atoms with Crippen molar-refractivity contribution < 1.29 is 4.39 Å². The Balaban J connectivity index is 2.28. The predicted molar refractivity (Wildman–Crippen MR) is 72.2 cm³/mol. The van der Waals surface area contributed by atoms with Crippen LogP contribution in [0.1, 0.15) is 6.92 Å². The molecule has 0 aliphatic carbocycles. The summed E-state index contributed by atoms with van der Waals surface area (Å²) in [5.41, 5.74) is 0. The van der Waals surface area contributed by atoms with Crippen molar-refractivity contribution in [1.29, 1.82) is 0 Å². The lowest BCUT2D eigenvalue weighted by molar-refractivity contribution is 0.579. The lowest BCUT2D eigenvalue weighted by atomic mass is 10.5. The topological polar surface area (TPSA) is 50.7 Å². The molecule has 0 atom stereocenters. The highest BCUT2D eigenvalue weighted by Gasteiger charge is 2.11. The van der Waals surface area contributed by atoms with Crippen molar-refractivity contribution in [2.75, 3.05) is 11.9 Å². The van der Waals surface area contributed by atoms with E-state index in [1.54, 1.807) is 12.3 Å². The van der Waals surface area contributed by atoms with Crippen LogP contribution < -0.4 is 5.32 Å². The Labute approximate surface area is 117 Å². The van der Waals surface area contributed by atoms with Gasteiger partial charge in [-0.05, 0) is 46.7 Å². The van der Waals surface area contributed by atoms with Crippen LogP contribution in [-0.4, -0.2) is 21.5 Å². The van der Waals surface area contributed by atoms with E-state index in [9.17, 15) is 4.39 Å². The number of nitrogens with zero attached hydrogens (tertiary/aromatic N) is 3. The predicted octanol–water partition coefficient (Wildman–Crippen LogP) is 3.36. The number of halogens is 2. The van der Waals surface area contributed by atoms with Crippen molar-refractivity contribution in [2.45, 2.75) is 17.0 Å². The van der Waals surface area contributed by atoms with E-state index in [2.05, 4.69) is 36.2 Å². The van der Waals surface area contributed by atoms with Gasteiger partial charge in [0.1, 0.15) is 10.1 Å². The Bertz CT molecular complexity index is 552. The van der Waals surface area contributed by atoms with E-state index in [-0.39, 0.29) is 5.03 Å². The first-order valence-electron chi connectivity index (χ1n) is 5.25. The summed E-state index contributed by atoms with van der Waals surface area (Å²) < 4.78 is 14.4. The molecule has 7 heteroatoms. The molecule has 0 bridgehead atoms. The third kappa shape index (κ3) is 3.17. The van der Waals surface area contributed by atoms with Gasteiger partial charge in [0.05, 0.1) is 10.7 Å². The van der Waals surface area contributed by atoms with Gasteiger partial charge in [-0.3, -0.25) is 0 Å². The Kier molecular flexibility index (Phi) is 4.48. The van der Waals surface area contributed by atoms with Crippen LogP contribution >= 0.6 is 27.7 Å². The summed E-state index contributed by atoms with van der Waals surface area (Å²) in [6.07, 6.45) is 2.81. The van der Waals surface area contributed by atoms with Gasteiger partial charge in [-0.15, -0.1) is 0 Å². The first-order valence-corrected chi connectivity index (χ1v) is 6.86. The Morgan fingerprint density at radius 1 is 1.39 bits per heavy atom.